The highest BCUT2D eigenvalue weighted by atomic mass is 16.4. The lowest BCUT2D eigenvalue weighted by atomic mass is 9.81. The summed E-state index contributed by atoms with van der Waals surface area (Å²) in [4.78, 5) is 0. The summed E-state index contributed by atoms with van der Waals surface area (Å²) in [6.07, 6.45) is 2.55. The maximum atomic E-state index is 10.9. The predicted molar refractivity (Wildman–Crippen MR) is 64.6 cm³/mol. The first-order chi connectivity index (χ1) is 7.11. The van der Waals surface area contributed by atoms with Crippen molar-refractivity contribution >= 4 is 5.71 Å². The fraction of sp³-hybridized carbons (Fsp3) is 0.308. The Hall–Kier alpha value is -1.57. The van der Waals surface area contributed by atoms with E-state index in [1.807, 2.05) is 50.3 Å². The van der Waals surface area contributed by atoms with E-state index in [9.17, 15) is 5.21 Å². The molecule has 2 heteroatoms. The highest BCUT2D eigenvalue weighted by molar-refractivity contribution is 6.03. The Morgan fingerprint density at radius 1 is 1.40 bits per heavy atom. The van der Waals surface area contributed by atoms with Gasteiger partial charge in [-0.1, -0.05) is 24.3 Å². The molecule has 0 unspecified atom stereocenters. The molecule has 1 aromatic carbocycles. The molecule has 1 radical (unpaired) electrons. The molecule has 0 atom stereocenters. The van der Waals surface area contributed by atoms with Crippen LogP contribution < -0.4 is 5.16 Å². The summed E-state index contributed by atoms with van der Waals surface area (Å²) >= 11 is 0. The van der Waals surface area contributed by atoms with Crippen LogP contribution in [-0.4, -0.2) is 5.71 Å². The van der Waals surface area contributed by atoms with Crippen LogP contribution in [0.3, 0.4) is 0 Å². The van der Waals surface area contributed by atoms with Gasteiger partial charge >= 0.3 is 0 Å². The average Bonchev–Trinajstić information content (AvgIpc) is 2.19. The van der Waals surface area contributed by atoms with Crippen molar-refractivity contribution in [2.45, 2.75) is 20.3 Å². The van der Waals surface area contributed by atoms with E-state index in [2.05, 4.69) is 11.7 Å². The van der Waals surface area contributed by atoms with Crippen LogP contribution in [-0.2, 0) is 0 Å². The summed E-state index contributed by atoms with van der Waals surface area (Å²) in [6, 6.07) is 9.55. The first kappa shape index (κ1) is 11.5. The summed E-state index contributed by atoms with van der Waals surface area (Å²) in [5.74, 6) is 0. The normalized spacial score (nSPS) is 12.5. The van der Waals surface area contributed by atoms with Crippen molar-refractivity contribution in [1.29, 1.82) is 0 Å². The number of rotatable bonds is 4. The number of allylic oxidation sites excluding steroid dienone is 1. The van der Waals surface area contributed by atoms with Crippen LogP contribution >= 0.6 is 0 Å². The van der Waals surface area contributed by atoms with Gasteiger partial charge in [0.2, 0.25) is 0 Å². The van der Waals surface area contributed by atoms with Gasteiger partial charge in [-0.25, -0.2) is 0 Å². The minimum absolute atomic E-state index is 0.259. The van der Waals surface area contributed by atoms with Crippen molar-refractivity contribution in [3.05, 3.63) is 53.8 Å². The van der Waals surface area contributed by atoms with Crippen molar-refractivity contribution in [2.24, 2.45) is 5.41 Å². The van der Waals surface area contributed by atoms with E-state index >= 15 is 0 Å². The zero-order valence-electron chi connectivity index (χ0n) is 9.23. The lowest BCUT2D eigenvalue weighted by Gasteiger charge is -2.18. The van der Waals surface area contributed by atoms with E-state index in [1.165, 1.54) is 0 Å². The average molecular weight is 202 g/mol. The van der Waals surface area contributed by atoms with Gasteiger partial charge in [0.15, 0.2) is 0 Å². The highest BCUT2D eigenvalue weighted by Gasteiger charge is 2.32. The van der Waals surface area contributed by atoms with Gasteiger partial charge in [-0.05, 0) is 32.4 Å². The third-order valence-corrected chi connectivity index (χ3v) is 2.43. The van der Waals surface area contributed by atoms with Gasteiger partial charge in [-0.3, -0.25) is 0 Å². The standard InChI is InChI=1S/C13H16NO/c1-4-10-13(2,3)12(14-15)11-8-6-5-7-9-11/h4-9H,1,10H2,2-3H3. The SMILES string of the molecule is C=CCC(C)(C)C(=[N+][O-])c1ccccc1. The van der Waals surface area contributed by atoms with Crippen LogP contribution in [0.5, 0.6) is 0 Å². The van der Waals surface area contributed by atoms with E-state index < -0.39 is 0 Å². The molecule has 0 saturated carbocycles. The van der Waals surface area contributed by atoms with Crippen molar-refractivity contribution < 1.29 is 0 Å². The number of benzene rings is 1. The van der Waals surface area contributed by atoms with Crippen LogP contribution in [0.4, 0.5) is 0 Å². The van der Waals surface area contributed by atoms with Gasteiger partial charge in [0.25, 0.3) is 5.71 Å². The molecular formula is C13H16NO. The van der Waals surface area contributed by atoms with Gasteiger partial charge in [-0.2, -0.15) is 0 Å². The van der Waals surface area contributed by atoms with E-state index in [4.69, 9.17) is 0 Å². The molecule has 0 saturated heterocycles. The third-order valence-electron chi connectivity index (χ3n) is 2.43. The van der Waals surface area contributed by atoms with Crippen molar-refractivity contribution in [3.63, 3.8) is 0 Å². The van der Waals surface area contributed by atoms with Crippen LogP contribution in [0.2, 0.25) is 0 Å². The minimum Gasteiger partial charge on any atom is -0.561 e. The van der Waals surface area contributed by atoms with Gasteiger partial charge in [-0.15, -0.1) is 6.58 Å². The molecule has 0 aromatic heterocycles. The molecule has 0 heterocycles. The van der Waals surface area contributed by atoms with Crippen LogP contribution in [0.15, 0.2) is 43.0 Å². The van der Waals surface area contributed by atoms with Crippen molar-refractivity contribution in [3.8, 4) is 0 Å². The number of hydrogen-bond acceptors (Lipinski definition) is 2. The largest absolute Gasteiger partial charge is 0.561 e. The Bertz CT molecular complexity index is 352. The van der Waals surface area contributed by atoms with Gasteiger partial charge in [0.05, 0.1) is 16.1 Å². The van der Waals surface area contributed by atoms with E-state index in [0.717, 1.165) is 12.0 Å². The van der Waals surface area contributed by atoms with Crippen molar-refractivity contribution in [2.75, 3.05) is 0 Å². The Labute approximate surface area is 90.9 Å². The molecule has 79 valence electrons. The lowest BCUT2D eigenvalue weighted by Crippen LogP contribution is -2.27. The first-order valence-electron chi connectivity index (χ1n) is 4.99. The second kappa shape index (κ2) is 4.78. The second-order valence-electron chi connectivity index (χ2n) is 4.18. The van der Waals surface area contributed by atoms with Crippen LogP contribution in [0.1, 0.15) is 25.8 Å². The molecule has 1 rings (SSSR count). The summed E-state index contributed by atoms with van der Waals surface area (Å²) < 4.78 is 0. The molecule has 0 aliphatic heterocycles. The molecule has 0 N–H and O–H groups in total. The fourth-order valence-electron chi connectivity index (χ4n) is 1.62. The second-order valence-corrected chi connectivity index (χ2v) is 4.18. The zero-order chi connectivity index (χ0) is 11.3. The van der Waals surface area contributed by atoms with Crippen molar-refractivity contribution in [1.82, 2.24) is 5.16 Å². The third kappa shape index (κ3) is 2.69. The lowest BCUT2D eigenvalue weighted by molar-refractivity contribution is 0.531. The van der Waals surface area contributed by atoms with Crippen LogP contribution in [0.25, 0.3) is 0 Å². The van der Waals surface area contributed by atoms with E-state index in [0.29, 0.717) is 5.71 Å². The Kier molecular flexibility index (Phi) is 3.67. The molecule has 2 nitrogen and oxygen atoms in total. The molecule has 0 aliphatic carbocycles. The number of hydrogen-bond donors (Lipinski definition) is 0. The maximum absolute atomic E-state index is 10.9. The molecule has 0 spiro atoms. The smallest absolute Gasteiger partial charge is 0.277 e. The fourth-order valence-corrected chi connectivity index (χ4v) is 1.62. The Morgan fingerprint density at radius 3 is 2.47 bits per heavy atom. The van der Waals surface area contributed by atoms with Gasteiger partial charge < -0.3 is 5.21 Å². The first-order valence-corrected chi connectivity index (χ1v) is 4.99. The zero-order valence-corrected chi connectivity index (χ0v) is 9.23. The molecule has 1 aromatic rings. The van der Waals surface area contributed by atoms with Gasteiger partial charge in [0.1, 0.15) is 0 Å². The van der Waals surface area contributed by atoms with E-state index in [-0.39, 0.29) is 5.41 Å². The summed E-state index contributed by atoms with van der Waals surface area (Å²) in [5.41, 5.74) is 1.22. The highest BCUT2D eigenvalue weighted by Crippen LogP contribution is 2.25. The minimum atomic E-state index is -0.259. The molecule has 0 bridgehead atoms. The molecule has 0 amide bonds. The quantitative estimate of drug-likeness (QED) is 0.320. The monoisotopic (exact) mass is 202 g/mol. The summed E-state index contributed by atoms with van der Waals surface area (Å²) in [6.45, 7) is 7.70. The molecule has 0 aliphatic rings. The topological polar surface area (TPSA) is 37.2 Å². The predicted octanol–water partition coefficient (Wildman–Crippen LogP) is 2.91. The van der Waals surface area contributed by atoms with E-state index in [1.54, 1.807) is 0 Å². The number of nitrogens with zero attached hydrogens (tertiary/aromatic N) is 1. The molecule has 0 fully saturated rings. The summed E-state index contributed by atoms with van der Waals surface area (Å²) in [5, 5.41) is 14.1. The Morgan fingerprint density at radius 2 is 2.00 bits per heavy atom. The van der Waals surface area contributed by atoms with Crippen LogP contribution in [0, 0.1) is 10.6 Å². The van der Waals surface area contributed by atoms with Gasteiger partial charge in [0, 0.05) is 0 Å². The molecular weight excluding hydrogens is 186 g/mol. The maximum Gasteiger partial charge on any atom is 0.277 e. The molecule has 15 heavy (non-hydrogen) atoms. The Balaban J connectivity index is 3.06. The summed E-state index contributed by atoms with van der Waals surface area (Å²) in [7, 11) is 0.